The molecule has 5 nitrogen and oxygen atoms in total. The monoisotopic (exact) mass is 347 g/mol. The Morgan fingerprint density at radius 1 is 0.731 bits per heavy atom. The van der Waals surface area contributed by atoms with Crippen molar-refractivity contribution in [2.45, 2.75) is 5.60 Å². The van der Waals surface area contributed by atoms with E-state index in [9.17, 15) is 19.8 Å². The summed E-state index contributed by atoms with van der Waals surface area (Å²) < 4.78 is 0. The molecule has 5 heteroatoms. The summed E-state index contributed by atoms with van der Waals surface area (Å²) in [5.41, 5.74) is -1.12. The number of hydrogen-bond acceptors (Lipinski definition) is 3. The molecule has 0 saturated carbocycles. The van der Waals surface area contributed by atoms with Crippen LogP contribution in [0.25, 0.3) is 0 Å². The number of carboxylic acid groups (broad SMARTS) is 1. The fourth-order valence-corrected chi connectivity index (χ4v) is 2.78. The van der Waals surface area contributed by atoms with Crippen LogP contribution in [0.5, 0.6) is 0 Å². The van der Waals surface area contributed by atoms with Crippen LogP contribution in [0.4, 0.5) is 5.69 Å². The van der Waals surface area contributed by atoms with Crippen LogP contribution >= 0.6 is 0 Å². The van der Waals surface area contributed by atoms with Crippen LogP contribution in [0.1, 0.15) is 21.5 Å². The number of aliphatic hydroxyl groups is 1. The Morgan fingerprint density at radius 3 is 1.69 bits per heavy atom. The highest BCUT2D eigenvalue weighted by Gasteiger charge is 2.40. The average molecular weight is 347 g/mol. The van der Waals surface area contributed by atoms with E-state index in [4.69, 9.17) is 0 Å². The quantitative estimate of drug-likeness (QED) is 0.661. The molecule has 26 heavy (non-hydrogen) atoms. The molecule has 0 aliphatic carbocycles. The topological polar surface area (TPSA) is 86.6 Å². The fourth-order valence-electron chi connectivity index (χ4n) is 2.78. The minimum Gasteiger partial charge on any atom is -0.478 e. The number of anilines is 1. The van der Waals surface area contributed by atoms with Gasteiger partial charge in [-0.3, -0.25) is 4.79 Å². The summed E-state index contributed by atoms with van der Waals surface area (Å²) in [6.07, 6.45) is 0. The number of carboxylic acids is 1. The van der Waals surface area contributed by atoms with Crippen LogP contribution in [0.3, 0.4) is 0 Å². The normalized spacial score (nSPS) is 11.0. The first-order valence-corrected chi connectivity index (χ1v) is 8.00. The SMILES string of the molecule is O=C(O)c1ccccc1NC(=O)C(O)(c1ccccc1)c1ccccc1. The van der Waals surface area contributed by atoms with Crippen molar-refractivity contribution >= 4 is 17.6 Å². The smallest absolute Gasteiger partial charge is 0.337 e. The maximum Gasteiger partial charge on any atom is 0.337 e. The molecule has 0 saturated heterocycles. The first-order chi connectivity index (χ1) is 12.5. The lowest BCUT2D eigenvalue weighted by molar-refractivity contribution is -0.131. The average Bonchev–Trinajstić information content (AvgIpc) is 2.69. The molecular weight excluding hydrogens is 330 g/mol. The molecule has 0 radical (unpaired) electrons. The van der Waals surface area contributed by atoms with Gasteiger partial charge in [-0.05, 0) is 23.3 Å². The molecule has 0 aliphatic rings. The number of carbonyl (C=O) groups excluding carboxylic acids is 1. The van der Waals surface area contributed by atoms with Crippen LogP contribution < -0.4 is 5.32 Å². The van der Waals surface area contributed by atoms with Gasteiger partial charge in [0.05, 0.1) is 11.3 Å². The molecule has 3 aromatic carbocycles. The Kier molecular flexibility index (Phi) is 4.82. The molecule has 0 fully saturated rings. The fraction of sp³-hybridized carbons (Fsp3) is 0.0476. The van der Waals surface area contributed by atoms with E-state index in [0.29, 0.717) is 11.1 Å². The molecule has 3 N–H and O–H groups in total. The van der Waals surface area contributed by atoms with Gasteiger partial charge in [0.25, 0.3) is 5.91 Å². The first-order valence-electron chi connectivity index (χ1n) is 8.00. The van der Waals surface area contributed by atoms with E-state index in [1.54, 1.807) is 72.8 Å². The molecule has 0 spiro atoms. The van der Waals surface area contributed by atoms with Gasteiger partial charge in [-0.25, -0.2) is 4.79 Å². The maximum absolute atomic E-state index is 13.1. The summed E-state index contributed by atoms with van der Waals surface area (Å²) >= 11 is 0. The molecule has 0 bridgehead atoms. The van der Waals surface area contributed by atoms with Gasteiger partial charge in [0.15, 0.2) is 5.60 Å². The van der Waals surface area contributed by atoms with Gasteiger partial charge in [0, 0.05) is 0 Å². The minimum absolute atomic E-state index is 0.0516. The van der Waals surface area contributed by atoms with Crippen molar-refractivity contribution < 1.29 is 19.8 Å². The van der Waals surface area contributed by atoms with E-state index in [1.165, 1.54) is 12.1 Å². The Balaban J connectivity index is 2.07. The Labute approximate surface area is 150 Å². The van der Waals surface area contributed by atoms with E-state index in [-0.39, 0.29) is 11.3 Å². The molecule has 1 amide bonds. The number of amides is 1. The van der Waals surface area contributed by atoms with Crippen molar-refractivity contribution in [2.24, 2.45) is 0 Å². The van der Waals surface area contributed by atoms with Crippen molar-refractivity contribution in [3.05, 3.63) is 102 Å². The molecule has 0 unspecified atom stereocenters. The second-order valence-electron chi connectivity index (χ2n) is 5.75. The number of para-hydroxylation sites is 1. The van der Waals surface area contributed by atoms with Crippen molar-refractivity contribution in [1.82, 2.24) is 0 Å². The molecular formula is C21H17NO4. The predicted molar refractivity (Wildman–Crippen MR) is 97.9 cm³/mol. The Bertz CT molecular complexity index is 884. The van der Waals surface area contributed by atoms with Gasteiger partial charge < -0.3 is 15.5 Å². The molecule has 0 aromatic heterocycles. The number of hydrogen-bond donors (Lipinski definition) is 3. The number of aromatic carboxylic acids is 1. The van der Waals surface area contributed by atoms with E-state index in [0.717, 1.165) is 0 Å². The van der Waals surface area contributed by atoms with Crippen LogP contribution in [-0.2, 0) is 10.4 Å². The largest absolute Gasteiger partial charge is 0.478 e. The lowest BCUT2D eigenvalue weighted by Gasteiger charge is -2.28. The first kappa shape index (κ1) is 17.4. The molecule has 3 aromatic rings. The summed E-state index contributed by atoms with van der Waals surface area (Å²) in [5.74, 6) is -1.90. The molecule has 130 valence electrons. The third kappa shape index (κ3) is 3.20. The number of benzene rings is 3. The predicted octanol–water partition coefficient (Wildman–Crippen LogP) is 3.26. The third-order valence-corrected chi connectivity index (χ3v) is 4.12. The van der Waals surface area contributed by atoms with E-state index in [1.807, 2.05) is 0 Å². The van der Waals surface area contributed by atoms with Gasteiger partial charge in [-0.1, -0.05) is 72.8 Å². The second kappa shape index (κ2) is 7.21. The molecule has 0 atom stereocenters. The summed E-state index contributed by atoms with van der Waals surface area (Å²) in [6.45, 7) is 0. The van der Waals surface area contributed by atoms with Crippen LogP contribution in [0.15, 0.2) is 84.9 Å². The van der Waals surface area contributed by atoms with E-state index in [2.05, 4.69) is 5.32 Å². The summed E-state index contributed by atoms with van der Waals surface area (Å²) in [5, 5.41) is 23.2. The van der Waals surface area contributed by atoms with Crippen LogP contribution in [0.2, 0.25) is 0 Å². The highest BCUT2D eigenvalue weighted by Crippen LogP contribution is 2.31. The van der Waals surface area contributed by atoms with E-state index < -0.39 is 17.5 Å². The number of rotatable bonds is 5. The van der Waals surface area contributed by atoms with Gasteiger partial charge in [-0.2, -0.15) is 0 Å². The van der Waals surface area contributed by atoms with Gasteiger partial charge in [0.2, 0.25) is 0 Å². The summed E-state index contributed by atoms with van der Waals surface area (Å²) in [6, 6.07) is 23.1. The maximum atomic E-state index is 13.1. The zero-order chi connectivity index (χ0) is 18.6. The second-order valence-corrected chi connectivity index (χ2v) is 5.75. The van der Waals surface area contributed by atoms with Gasteiger partial charge in [0.1, 0.15) is 0 Å². The van der Waals surface area contributed by atoms with Gasteiger partial charge in [-0.15, -0.1) is 0 Å². The van der Waals surface area contributed by atoms with Crippen molar-refractivity contribution in [1.29, 1.82) is 0 Å². The highest BCUT2D eigenvalue weighted by molar-refractivity contribution is 6.05. The van der Waals surface area contributed by atoms with Gasteiger partial charge >= 0.3 is 5.97 Å². The van der Waals surface area contributed by atoms with Crippen molar-refractivity contribution in [2.75, 3.05) is 5.32 Å². The number of nitrogens with one attached hydrogen (secondary N) is 1. The lowest BCUT2D eigenvalue weighted by Crippen LogP contribution is -2.41. The Morgan fingerprint density at radius 2 is 1.19 bits per heavy atom. The summed E-state index contributed by atoms with van der Waals surface area (Å²) in [4.78, 5) is 24.4. The minimum atomic E-state index is -1.96. The van der Waals surface area contributed by atoms with E-state index >= 15 is 0 Å². The molecule has 0 heterocycles. The molecule has 3 rings (SSSR count). The Hall–Kier alpha value is -3.44. The third-order valence-electron chi connectivity index (χ3n) is 4.12. The highest BCUT2D eigenvalue weighted by atomic mass is 16.4. The van der Waals surface area contributed by atoms with Crippen LogP contribution in [0, 0.1) is 0 Å². The van der Waals surface area contributed by atoms with Crippen molar-refractivity contribution in [3.8, 4) is 0 Å². The zero-order valence-electron chi connectivity index (χ0n) is 13.8. The number of carbonyl (C=O) groups is 2. The lowest BCUT2D eigenvalue weighted by atomic mass is 9.85. The van der Waals surface area contributed by atoms with Crippen molar-refractivity contribution in [3.63, 3.8) is 0 Å². The summed E-state index contributed by atoms with van der Waals surface area (Å²) in [7, 11) is 0. The molecule has 0 aliphatic heterocycles. The van der Waals surface area contributed by atoms with Crippen LogP contribution in [-0.4, -0.2) is 22.1 Å². The zero-order valence-corrected chi connectivity index (χ0v) is 13.8. The standard InChI is InChI=1S/C21H17NO4/c23-19(24)17-13-7-8-14-18(17)22-20(25)21(26,15-9-3-1-4-10-15)16-11-5-2-6-12-16/h1-14,26H,(H,22,25)(H,23,24).